The maximum Gasteiger partial charge on any atom is 0.272 e. The van der Waals surface area contributed by atoms with Crippen LogP contribution in [0.15, 0.2) is 104 Å². The summed E-state index contributed by atoms with van der Waals surface area (Å²) in [6.07, 6.45) is 14.7. The van der Waals surface area contributed by atoms with Crippen LogP contribution < -0.4 is 58.5 Å². The van der Waals surface area contributed by atoms with Crippen molar-refractivity contribution in [3.63, 3.8) is 0 Å². The predicted molar refractivity (Wildman–Crippen MR) is 357 cm³/mol. The standard InChI is InChI=1S/C64H80N20O11/c1-39(85)65-19-13-22-76(2)23-14-20-66-55(86)17-21-68-58(89)49-27-42(34-79(49)5)72-62(93)53-31-46(38-83(53)9)75-64(95)54-29-44(36-84(54)10)73-60(91)50-25-40(32-80(50)6)69-56(87)16-11-18-67-57(88)48-26-41(33-78(48)4)71-61(92)52-30-45(37-82(52)8)74-63(94)51-28-43(35-81(51)7)70-59(90)47-15-12-24-77(47)3/h12,15,24-38H,11,13-14,16-23H2,1-10H3,(H,65,85)(H,66,86)(H,67,88)(H,68,89)(H,69,87)(H,70,90)(H,71,92)(H,72,93)(H,73,91)(H,74,94)(H,75,95). The van der Waals surface area contributed by atoms with E-state index in [4.69, 9.17) is 0 Å². The van der Waals surface area contributed by atoms with E-state index in [1.165, 1.54) is 57.0 Å². The van der Waals surface area contributed by atoms with Crippen LogP contribution in [-0.4, -0.2) is 153 Å². The van der Waals surface area contributed by atoms with E-state index in [1.807, 2.05) is 7.05 Å². The van der Waals surface area contributed by atoms with E-state index in [9.17, 15) is 52.7 Å². The van der Waals surface area contributed by atoms with E-state index < -0.39 is 41.4 Å². The molecule has 8 aromatic rings. The van der Waals surface area contributed by atoms with Crippen molar-refractivity contribution in [2.24, 2.45) is 56.4 Å². The van der Waals surface area contributed by atoms with Crippen LogP contribution in [0.2, 0.25) is 0 Å². The van der Waals surface area contributed by atoms with Gasteiger partial charge in [0.05, 0.1) is 39.8 Å². The molecule has 0 radical (unpaired) electrons. The van der Waals surface area contributed by atoms with Crippen molar-refractivity contribution in [2.75, 3.05) is 83.5 Å². The molecule has 8 heterocycles. The van der Waals surface area contributed by atoms with Crippen LogP contribution in [0.3, 0.4) is 0 Å². The minimum absolute atomic E-state index is 0.0316. The summed E-state index contributed by atoms with van der Waals surface area (Å²) in [7, 11) is 15.2. The minimum atomic E-state index is -0.532. The van der Waals surface area contributed by atoms with Gasteiger partial charge in [0.25, 0.3) is 47.3 Å². The van der Waals surface area contributed by atoms with E-state index in [0.717, 1.165) is 25.9 Å². The normalized spacial score (nSPS) is 11.0. The summed E-state index contributed by atoms with van der Waals surface area (Å²) < 4.78 is 12.5. The van der Waals surface area contributed by atoms with E-state index in [2.05, 4.69) is 63.4 Å². The van der Waals surface area contributed by atoms with Gasteiger partial charge in [0.15, 0.2) is 0 Å². The molecule has 0 fully saturated rings. The summed E-state index contributed by atoms with van der Waals surface area (Å²) in [6.45, 7) is 4.42. The second kappa shape index (κ2) is 31.1. The summed E-state index contributed by atoms with van der Waals surface area (Å²) in [5, 5.41) is 30.7. The first-order valence-corrected chi connectivity index (χ1v) is 30.4. The Bertz CT molecular complexity index is 4210. The van der Waals surface area contributed by atoms with E-state index in [0.29, 0.717) is 58.6 Å². The molecule has 8 rings (SSSR count). The topological polar surface area (TPSA) is 363 Å². The fraction of sp³-hybridized carbons (Fsp3) is 0.328. The van der Waals surface area contributed by atoms with Gasteiger partial charge in [-0.25, -0.2) is 0 Å². The second-order valence-corrected chi connectivity index (χ2v) is 23.1. The Morgan fingerprint density at radius 1 is 0.326 bits per heavy atom. The van der Waals surface area contributed by atoms with Crippen molar-refractivity contribution in [3.8, 4) is 0 Å². The molecule has 0 bridgehead atoms. The molecule has 31 heteroatoms. The third-order valence-electron chi connectivity index (χ3n) is 15.3. The van der Waals surface area contributed by atoms with Crippen LogP contribution in [0.1, 0.15) is 123 Å². The highest BCUT2D eigenvalue weighted by Crippen LogP contribution is 2.24. The molecule has 0 unspecified atom stereocenters. The molecule has 0 atom stereocenters. The highest BCUT2D eigenvalue weighted by Gasteiger charge is 2.23. The maximum absolute atomic E-state index is 13.6. The lowest BCUT2D eigenvalue weighted by molar-refractivity contribution is -0.121. The maximum atomic E-state index is 13.6. The van der Waals surface area contributed by atoms with E-state index in [-0.39, 0.29) is 95.8 Å². The number of rotatable bonds is 30. The molecule has 0 aliphatic carbocycles. The van der Waals surface area contributed by atoms with Gasteiger partial charge in [-0.15, -0.1) is 0 Å². The summed E-state index contributed by atoms with van der Waals surface area (Å²) in [5.74, 6) is -4.37. The Morgan fingerprint density at radius 3 is 0.947 bits per heavy atom. The zero-order valence-corrected chi connectivity index (χ0v) is 54.6. The molecule has 11 amide bonds. The quantitative estimate of drug-likeness (QED) is 0.0283. The highest BCUT2D eigenvalue weighted by molar-refractivity contribution is 6.11. The van der Waals surface area contributed by atoms with E-state index >= 15 is 0 Å². The van der Waals surface area contributed by atoms with E-state index in [1.54, 1.807) is 147 Å². The van der Waals surface area contributed by atoms with Crippen LogP contribution in [0.4, 0.5) is 39.8 Å². The Labute approximate surface area is 546 Å². The average Bonchev–Trinajstić information content (AvgIpc) is 1.70. The van der Waals surface area contributed by atoms with Gasteiger partial charge >= 0.3 is 0 Å². The number of carbonyl (C=O) groups excluding carboxylic acids is 11. The van der Waals surface area contributed by atoms with Crippen LogP contribution in [0.25, 0.3) is 0 Å². The molecule has 0 spiro atoms. The first-order chi connectivity index (χ1) is 45.2. The number of anilines is 7. The van der Waals surface area contributed by atoms with Crippen molar-refractivity contribution in [1.82, 2.24) is 62.7 Å². The van der Waals surface area contributed by atoms with Crippen molar-refractivity contribution in [3.05, 3.63) is 150 Å². The highest BCUT2D eigenvalue weighted by atomic mass is 16.2. The molecular formula is C64H80N20O11. The van der Waals surface area contributed by atoms with Crippen molar-refractivity contribution in [1.29, 1.82) is 0 Å². The first-order valence-electron chi connectivity index (χ1n) is 30.4. The molecule has 0 aliphatic heterocycles. The molecule has 0 saturated heterocycles. The van der Waals surface area contributed by atoms with Crippen molar-refractivity contribution >= 4 is 105 Å². The first kappa shape index (κ1) is 69.3. The molecule has 0 aliphatic rings. The minimum Gasteiger partial charge on any atom is -0.356 e. The number of amides is 11. The van der Waals surface area contributed by atoms with Crippen LogP contribution in [0.5, 0.6) is 0 Å². The number of hydrogen-bond acceptors (Lipinski definition) is 12. The Balaban J connectivity index is 0.729. The molecule has 0 aromatic carbocycles. The Hall–Kier alpha value is -11.6. The molecule has 31 nitrogen and oxygen atoms in total. The summed E-state index contributed by atoms with van der Waals surface area (Å²) in [5.41, 5.74) is 4.44. The molecule has 502 valence electrons. The zero-order chi connectivity index (χ0) is 68.8. The lowest BCUT2D eigenvalue weighted by Gasteiger charge is -2.16. The fourth-order valence-corrected chi connectivity index (χ4v) is 10.4. The molecule has 11 N–H and O–H groups in total. The number of aromatic nitrogens is 8. The number of nitrogens with zero attached hydrogens (tertiary/aromatic N) is 9. The average molecular weight is 1310 g/mol. The molecule has 0 saturated carbocycles. The van der Waals surface area contributed by atoms with Gasteiger partial charge in [0, 0.05) is 152 Å². The van der Waals surface area contributed by atoms with Crippen LogP contribution in [-0.2, 0) is 70.8 Å². The molecular weight excluding hydrogens is 1220 g/mol. The van der Waals surface area contributed by atoms with Crippen LogP contribution in [0, 0.1) is 0 Å². The Kier molecular flexibility index (Phi) is 22.7. The van der Waals surface area contributed by atoms with Crippen molar-refractivity contribution in [2.45, 2.75) is 39.0 Å². The van der Waals surface area contributed by atoms with Gasteiger partial charge < -0.3 is 99.9 Å². The van der Waals surface area contributed by atoms with Crippen molar-refractivity contribution < 1.29 is 52.7 Å². The lowest BCUT2D eigenvalue weighted by Crippen LogP contribution is -2.33. The Morgan fingerprint density at radius 2 is 0.621 bits per heavy atom. The largest absolute Gasteiger partial charge is 0.356 e. The third-order valence-corrected chi connectivity index (χ3v) is 15.3. The number of hydrogen-bond donors (Lipinski definition) is 11. The number of aryl methyl sites for hydroxylation is 8. The predicted octanol–water partition coefficient (Wildman–Crippen LogP) is 4.14. The third kappa shape index (κ3) is 18.5. The summed E-state index contributed by atoms with van der Waals surface area (Å²) in [4.78, 5) is 145. The number of nitrogens with one attached hydrogen (secondary N) is 11. The SMILES string of the molecule is CC(=O)NCCCN(C)CCCNC(=O)CCNC(=O)c1cc(NC(=O)c2cc(NC(=O)c3cc(NC(=O)c4cc(NC(=O)CCCNC(=O)c5cc(NC(=O)c6cc(NC(=O)c7cc(NC(=O)c8cccn8C)cn7C)cn6C)cn5C)cn4C)cn3C)cn2C)cn1C. The molecule has 95 heavy (non-hydrogen) atoms. The van der Waals surface area contributed by atoms with Gasteiger partial charge in [-0.1, -0.05) is 0 Å². The number of carbonyl (C=O) groups is 11. The van der Waals surface area contributed by atoms with Gasteiger partial charge in [0.2, 0.25) is 17.7 Å². The zero-order valence-electron chi connectivity index (χ0n) is 54.6. The molecule has 8 aromatic heterocycles. The van der Waals surface area contributed by atoms with Gasteiger partial charge in [0.1, 0.15) is 45.6 Å². The fourth-order valence-electron chi connectivity index (χ4n) is 10.4. The lowest BCUT2D eigenvalue weighted by atomic mass is 10.2. The van der Waals surface area contributed by atoms with Crippen LogP contribution >= 0.6 is 0 Å². The summed E-state index contributed by atoms with van der Waals surface area (Å²) >= 11 is 0. The van der Waals surface area contributed by atoms with Gasteiger partial charge in [-0.05, 0) is 94.0 Å². The monoisotopic (exact) mass is 1300 g/mol. The van der Waals surface area contributed by atoms with Gasteiger partial charge in [-0.2, -0.15) is 0 Å². The smallest absolute Gasteiger partial charge is 0.272 e. The second-order valence-electron chi connectivity index (χ2n) is 23.1. The summed E-state index contributed by atoms with van der Waals surface area (Å²) in [6, 6.07) is 14.0. The van der Waals surface area contributed by atoms with Gasteiger partial charge in [-0.3, -0.25) is 52.7 Å².